The van der Waals surface area contributed by atoms with E-state index >= 15 is 0 Å². The van der Waals surface area contributed by atoms with Gasteiger partial charge in [-0.1, -0.05) is 0 Å². The summed E-state index contributed by atoms with van der Waals surface area (Å²) in [6.07, 6.45) is 5.29. The Hall–Kier alpha value is 0.130. The third kappa shape index (κ3) is 4.67. The van der Waals surface area contributed by atoms with Gasteiger partial charge in [0.05, 0.1) is 37.0 Å². The van der Waals surface area contributed by atoms with Gasteiger partial charge >= 0.3 is 6.16 Å². The van der Waals surface area contributed by atoms with E-state index in [0.717, 1.165) is 37.0 Å². The number of hydrogen-bond donors (Lipinski definition) is 0. The van der Waals surface area contributed by atoms with Crippen molar-refractivity contribution in [2.45, 2.75) is 41.5 Å². The van der Waals surface area contributed by atoms with Gasteiger partial charge in [0, 0.05) is 0 Å². The fraction of sp³-hybridized carbons (Fsp3) is 0.923. The van der Waals surface area contributed by atoms with Crippen molar-refractivity contribution >= 4 is 21.1 Å². The van der Waals surface area contributed by atoms with E-state index < -0.39 is 21.1 Å². The molecule has 0 aromatic rings. The summed E-state index contributed by atoms with van der Waals surface area (Å²) in [4.78, 5) is 12.0. The van der Waals surface area contributed by atoms with Gasteiger partial charge in [0.1, 0.15) is 0 Å². The highest BCUT2D eigenvalue weighted by molar-refractivity contribution is 7.72. The SMILES string of the molecule is CC[P+](CC)(CC)OC(=O)O[P+](CC)(CC)CC. The maximum absolute atomic E-state index is 12.0. The topological polar surface area (TPSA) is 35.5 Å². The van der Waals surface area contributed by atoms with Gasteiger partial charge in [0.25, 0.3) is 0 Å². The van der Waals surface area contributed by atoms with Crippen LogP contribution in [0.5, 0.6) is 0 Å². The minimum Gasteiger partial charge on any atom is -0.271 e. The molecule has 0 rings (SSSR count). The molecule has 0 heterocycles. The molecule has 0 N–H and O–H groups in total. The van der Waals surface area contributed by atoms with E-state index in [2.05, 4.69) is 41.5 Å². The maximum Gasteiger partial charge on any atom is 0.584 e. The molecule has 0 aromatic carbocycles. The lowest BCUT2D eigenvalue weighted by molar-refractivity contribution is 0.158. The highest BCUT2D eigenvalue weighted by Gasteiger charge is 2.44. The van der Waals surface area contributed by atoms with Gasteiger partial charge < -0.3 is 0 Å². The monoisotopic (exact) mass is 296 g/mol. The van der Waals surface area contributed by atoms with Crippen molar-refractivity contribution in [3.63, 3.8) is 0 Å². The normalized spacial score (nSPS) is 12.3. The Kier molecular flexibility index (Phi) is 8.39. The summed E-state index contributed by atoms with van der Waals surface area (Å²) in [5, 5.41) is 0. The van der Waals surface area contributed by atoms with Crippen LogP contribution in [-0.2, 0) is 9.05 Å². The highest BCUT2D eigenvalue weighted by Crippen LogP contribution is 2.63. The van der Waals surface area contributed by atoms with E-state index in [-0.39, 0.29) is 0 Å². The van der Waals surface area contributed by atoms with Gasteiger partial charge in [0.15, 0.2) is 15.0 Å². The Morgan fingerprint density at radius 2 is 0.889 bits per heavy atom. The van der Waals surface area contributed by atoms with Crippen molar-refractivity contribution in [1.82, 2.24) is 0 Å². The Balaban J connectivity index is 4.67. The van der Waals surface area contributed by atoms with Crippen LogP contribution in [0, 0.1) is 0 Å². The molecule has 0 amide bonds. The summed E-state index contributed by atoms with van der Waals surface area (Å²) in [5.74, 6) is 0. The minimum absolute atomic E-state index is 0.409. The zero-order chi connectivity index (χ0) is 14.2. The molecule has 0 spiro atoms. The number of rotatable bonds is 8. The zero-order valence-electron chi connectivity index (χ0n) is 12.9. The second-order valence-corrected chi connectivity index (χ2v) is 12.8. The second-order valence-electron chi connectivity index (χ2n) is 4.45. The highest BCUT2D eigenvalue weighted by atomic mass is 31.2. The van der Waals surface area contributed by atoms with Crippen LogP contribution in [0.3, 0.4) is 0 Å². The number of carbonyl (C=O) groups is 1. The number of carbonyl (C=O) groups excluding carboxylic acids is 1. The standard InChI is InChI=1S/C13H30O3P2/c1-7-17(8-2,9-3)15-13(14)16-18(10-4,11-5)12-6/h7-12H2,1-6H3/q+2. The molecule has 0 unspecified atom stereocenters. The van der Waals surface area contributed by atoms with Crippen molar-refractivity contribution in [3.8, 4) is 0 Å². The van der Waals surface area contributed by atoms with E-state index in [1.54, 1.807) is 0 Å². The van der Waals surface area contributed by atoms with E-state index in [0.29, 0.717) is 0 Å². The fourth-order valence-electron chi connectivity index (χ4n) is 2.06. The summed E-state index contributed by atoms with van der Waals surface area (Å²) < 4.78 is 11.4. The molecule has 0 aliphatic carbocycles. The van der Waals surface area contributed by atoms with E-state index in [1.807, 2.05) is 0 Å². The van der Waals surface area contributed by atoms with Crippen LogP contribution >= 0.6 is 15.0 Å². The van der Waals surface area contributed by atoms with E-state index in [9.17, 15) is 4.79 Å². The quantitative estimate of drug-likeness (QED) is 0.583. The fourth-order valence-corrected chi connectivity index (χ4v) is 6.29. The van der Waals surface area contributed by atoms with E-state index in [1.165, 1.54) is 0 Å². The van der Waals surface area contributed by atoms with Crippen LogP contribution in [0.4, 0.5) is 4.79 Å². The summed E-state index contributed by atoms with van der Waals surface area (Å²) in [7, 11) is -3.14. The molecule has 0 fully saturated rings. The molecule has 0 saturated heterocycles. The predicted molar refractivity (Wildman–Crippen MR) is 84.7 cm³/mol. The van der Waals surface area contributed by atoms with Crippen molar-refractivity contribution in [1.29, 1.82) is 0 Å². The average Bonchev–Trinajstić information content (AvgIpc) is 2.42. The van der Waals surface area contributed by atoms with Crippen LogP contribution in [0.15, 0.2) is 0 Å². The van der Waals surface area contributed by atoms with Crippen LogP contribution < -0.4 is 0 Å². The van der Waals surface area contributed by atoms with Crippen LogP contribution in [0.2, 0.25) is 0 Å². The Morgan fingerprint density at radius 3 is 1.06 bits per heavy atom. The van der Waals surface area contributed by atoms with Crippen molar-refractivity contribution in [2.24, 2.45) is 0 Å². The smallest absolute Gasteiger partial charge is 0.271 e. The Bertz CT molecular complexity index is 208. The predicted octanol–water partition coefficient (Wildman–Crippen LogP) is 5.12. The first-order valence-corrected chi connectivity index (χ1v) is 11.6. The van der Waals surface area contributed by atoms with Crippen molar-refractivity contribution < 1.29 is 13.8 Å². The molecule has 108 valence electrons. The summed E-state index contributed by atoms with van der Waals surface area (Å²) in [5.41, 5.74) is 0. The largest absolute Gasteiger partial charge is 0.584 e. The van der Waals surface area contributed by atoms with Crippen molar-refractivity contribution in [3.05, 3.63) is 0 Å². The average molecular weight is 296 g/mol. The van der Waals surface area contributed by atoms with Gasteiger partial charge in [-0.2, -0.15) is 4.79 Å². The van der Waals surface area contributed by atoms with Crippen LogP contribution in [0.1, 0.15) is 41.5 Å². The summed E-state index contributed by atoms with van der Waals surface area (Å²) in [6.45, 7) is 12.6. The van der Waals surface area contributed by atoms with Gasteiger partial charge in [-0.25, -0.2) is 0 Å². The van der Waals surface area contributed by atoms with Gasteiger partial charge in [-0.15, -0.1) is 0 Å². The molecular weight excluding hydrogens is 266 g/mol. The molecule has 0 atom stereocenters. The van der Waals surface area contributed by atoms with Gasteiger partial charge in [-0.05, 0) is 41.5 Å². The lowest BCUT2D eigenvalue weighted by Gasteiger charge is -2.24. The van der Waals surface area contributed by atoms with Crippen LogP contribution in [0.25, 0.3) is 0 Å². The zero-order valence-corrected chi connectivity index (χ0v) is 14.7. The second kappa shape index (κ2) is 8.33. The molecule has 0 bridgehead atoms. The molecule has 3 nitrogen and oxygen atoms in total. The molecule has 0 radical (unpaired) electrons. The first-order chi connectivity index (χ1) is 8.46. The van der Waals surface area contributed by atoms with Gasteiger partial charge in [0.2, 0.25) is 0 Å². The molecular formula is C13H30O3P2+2. The molecule has 0 aliphatic heterocycles. The molecule has 0 saturated carbocycles. The molecule has 0 aromatic heterocycles. The number of hydrogen-bond acceptors (Lipinski definition) is 3. The van der Waals surface area contributed by atoms with Gasteiger partial charge in [-0.3, -0.25) is 9.05 Å². The molecule has 18 heavy (non-hydrogen) atoms. The third-order valence-corrected chi connectivity index (χ3v) is 12.0. The Labute approximate surface area is 114 Å². The maximum atomic E-state index is 12.0. The minimum atomic E-state index is -1.57. The third-order valence-electron chi connectivity index (χ3n) is 3.99. The molecule has 0 aliphatic rings. The summed E-state index contributed by atoms with van der Waals surface area (Å²) >= 11 is 0. The lowest BCUT2D eigenvalue weighted by Crippen LogP contribution is -2.17. The Morgan fingerprint density at radius 1 is 0.667 bits per heavy atom. The van der Waals surface area contributed by atoms with Crippen LogP contribution in [-0.4, -0.2) is 43.1 Å². The van der Waals surface area contributed by atoms with Crippen molar-refractivity contribution in [2.75, 3.05) is 37.0 Å². The summed E-state index contributed by atoms with van der Waals surface area (Å²) in [6, 6.07) is 0. The molecule has 5 heteroatoms. The lowest BCUT2D eigenvalue weighted by atomic mass is 10.9. The van der Waals surface area contributed by atoms with E-state index in [4.69, 9.17) is 9.05 Å². The first-order valence-electron chi connectivity index (χ1n) is 7.12. The first kappa shape index (κ1) is 18.1.